The van der Waals surface area contributed by atoms with Crippen molar-refractivity contribution in [3.05, 3.63) is 82.7 Å². The third-order valence-corrected chi connectivity index (χ3v) is 6.99. The van der Waals surface area contributed by atoms with Gasteiger partial charge >= 0.3 is 0 Å². The number of nitrogens with one attached hydrogen (secondary N) is 1. The molecule has 2 aromatic carbocycles. The molecule has 0 radical (unpaired) electrons. The van der Waals surface area contributed by atoms with E-state index in [0.29, 0.717) is 55.7 Å². The maximum absolute atomic E-state index is 12.8. The van der Waals surface area contributed by atoms with Crippen LogP contribution in [-0.2, 0) is 20.2 Å². The molecule has 2 N–H and O–H groups in total. The second-order valence-corrected chi connectivity index (χ2v) is 9.88. The first-order valence-corrected chi connectivity index (χ1v) is 12.7. The van der Waals surface area contributed by atoms with Crippen LogP contribution in [-0.4, -0.2) is 69.4 Å². The number of aryl methyl sites for hydroxylation is 1. The Labute approximate surface area is 216 Å². The Morgan fingerprint density at radius 3 is 2.57 bits per heavy atom. The molecule has 0 spiro atoms. The molecule has 1 aromatic heterocycles. The van der Waals surface area contributed by atoms with Crippen molar-refractivity contribution in [1.82, 2.24) is 24.9 Å². The van der Waals surface area contributed by atoms with E-state index in [2.05, 4.69) is 10.4 Å². The van der Waals surface area contributed by atoms with E-state index in [1.54, 1.807) is 28.8 Å². The fourth-order valence-corrected chi connectivity index (χ4v) is 4.43. The number of piperazine rings is 1. The predicted molar refractivity (Wildman–Crippen MR) is 138 cm³/mol. The second-order valence-electron chi connectivity index (χ2n) is 9.88. The SMILES string of the molecule is CN1CCN(C(=O)c2ccc(COc3cccc(CNC(=O)c4cc(C5CC5)nn4C)c3)cc2)CC1O. The van der Waals surface area contributed by atoms with Gasteiger partial charge in [0.2, 0.25) is 0 Å². The number of β-amino-alcohol motifs (C(OH)–C–C–N with tert-alkyl or cyclic N) is 1. The van der Waals surface area contributed by atoms with Crippen LogP contribution in [0.2, 0.25) is 0 Å². The number of likely N-dealkylation sites (N-methyl/N-ethyl adjacent to an activating group) is 1. The van der Waals surface area contributed by atoms with E-state index in [1.165, 1.54) is 0 Å². The highest BCUT2D eigenvalue weighted by Gasteiger charge is 2.28. The molecule has 9 heteroatoms. The van der Waals surface area contributed by atoms with Gasteiger partial charge in [-0.25, -0.2) is 0 Å². The van der Waals surface area contributed by atoms with Gasteiger partial charge in [-0.15, -0.1) is 0 Å². The molecule has 2 amide bonds. The van der Waals surface area contributed by atoms with Crippen LogP contribution in [0, 0.1) is 0 Å². The molecule has 194 valence electrons. The van der Waals surface area contributed by atoms with Crippen LogP contribution in [0.5, 0.6) is 5.75 Å². The Hall–Kier alpha value is -3.69. The number of hydrogen-bond acceptors (Lipinski definition) is 6. The van der Waals surface area contributed by atoms with Crippen molar-refractivity contribution in [1.29, 1.82) is 0 Å². The van der Waals surface area contributed by atoms with Gasteiger partial charge in [0.1, 0.15) is 24.3 Å². The molecular formula is C28H33N5O4. The van der Waals surface area contributed by atoms with Crippen molar-refractivity contribution in [3.8, 4) is 5.75 Å². The number of ether oxygens (including phenoxy) is 1. The molecule has 37 heavy (non-hydrogen) atoms. The van der Waals surface area contributed by atoms with Crippen LogP contribution in [0.3, 0.4) is 0 Å². The van der Waals surface area contributed by atoms with E-state index in [1.807, 2.05) is 54.4 Å². The zero-order valence-electron chi connectivity index (χ0n) is 21.3. The zero-order valence-corrected chi connectivity index (χ0v) is 21.3. The summed E-state index contributed by atoms with van der Waals surface area (Å²) in [4.78, 5) is 28.9. The van der Waals surface area contributed by atoms with E-state index in [-0.39, 0.29) is 11.8 Å². The van der Waals surface area contributed by atoms with Gasteiger partial charge in [0.05, 0.1) is 12.2 Å². The number of benzene rings is 2. The van der Waals surface area contributed by atoms with Gasteiger partial charge < -0.3 is 20.1 Å². The van der Waals surface area contributed by atoms with Gasteiger partial charge in [-0.2, -0.15) is 5.10 Å². The monoisotopic (exact) mass is 503 g/mol. The van der Waals surface area contributed by atoms with Crippen LogP contribution < -0.4 is 10.1 Å². The van der Waals surface area contributed by atoms with Crippen LogP contribution in [0.25, 0.3) is 0 Å². The number of hydrogen-bond donors (Lipinski definition) is 2. The molecule has 1 unspecified atom stereocenters. The summed E-state index contributed by atoms with van der Waals surface area (Å²) in [6, 6.07) is 16.9. The van der Waals surface area contributed by atoms with E-state index < -0.39 is 6.23 Å². The summed E-state index contributed by atoms with van der Waals surface area (Å²) >= 11 is 0. The zero-order chi connectivity index (χ0) is 25.9. The first-order chi connectivity index (χ1) is 17.9. The molecule has 9 nitrogen and oxygen atoms in total. The fourth-order valence-electron chi connectivity index (χ4n) is 4.43. The summed E-state index contributed by atoms with van der Waals surface area (Å²) in [7, 11) is 3.65. The first-order valence-electron chi connectivity index (χ1n) is 12.7. The van der Waals surface area contributed by atoms with E-state index in [4.69, 9.17) is 4.74 Å². The Morgan fingerprint density at radius 1 is 1.05 bits per heavy atom. The lowest BCUT2D eigenvalue weighted by molar-refractivity contribution is -0.0338. The molecule has 3 aromatic rings. The van der Waals surface area contributed by atoms with E-state index in [0.717, 1.165) is 29.7 Å². The molecule has 2 aliphatic rings. The Balaban J connectivity index is 1.12. The highest BCUT2D eigenvalue weighted by Crippen LogP contribution is 2.39. The van der Waals surface area contributed by atoms with Crippen LogP contribution in [0.15, 0.2) is 54.6 Å². The third-order valence-electron chi connectivity index (χ3n) is 6.99. The number of amides is 2. The Bertz CT molecular complexity index is 1270. The van der Waals surface area contributed by atoms with Gasteiger partial charge in [0, 0.05) is 38.2 Å². The molecule has 5 rings (SSSR count). The minimum Gasteiger partial charge on any atom is -0.489 e. The maximum Gasteiger partial charge on any atom is 0.269 e. The largest absolute Gasteiger partial charge is 0.489 e. The fraction of sp³-hybridized carbons (Fsp3) is 0.393. The Kier molecular flexibility index (Phi) is 7.25. The minimum absolute atomic E-state index is 0.0794. The number of aliphatic hydroxyl groups excluding tert-OH is 1. The molecule has 0 bridgehead atoms. The third kappa shape index (κ3) is 6.00. The van der Waals surface area contributed by atoms with Crippen molar-refractivity contribution in [3.63, 3.8) is 0 Å². The van der Waals surface area contributed by atoms with E-state index in [9.17, 15) is 14.7 Å². The number of carbonyl (C=O) groups is 2. The summed E-state index contributed by atoms with van der Waals surface area (Å²) in [6.45, 7) is 2.29. The summed E-state index contributed by atoms with van der Waals surface area (Å²) < 4.78 is 7.61. The van der Waals surface area contributed by atoms with Gasteiger partial charge in [0.15, 0.2) is 0 Å². The van der Waals surface area contributed by atoms with Crippen LogP contribution in [0.1, 0.15) is 56.4 Å². The van der Waals surface area contributed by atoms with Gasteiger partial charge in [-0.3, -0.25) is 19.2 Å². The smallest absolute Gasteiger partial charge is 0.269 e. The number of carbonyl (C=O) groups excluding carboxylic acids is 2. The number of aliphatic hydroxyl groups is 1. The van der Waals surface area contributed by atoms with E-state index >= 15 is 0 Å². The van der Waals surface area contributed by atoms with Crippen molar-refractivity contribution in [2.75, 3.05) is 26.7 Å². The molecular weight excluding hydrogens is 470 g/mol. The minimum atomic E-state index is -0.634. The number of aromatic nitrogens is 2. The highest BCUT2D eigenvalue weighted by atomic mass is 16.5. The van der Waals surface area contributed by atoms with Crippen molar-refractivity contribution in [2.24, 2.45) is 7.05 Å². The lowest BCUT2D eigenvalue weighted by Crippen LogP contribution is -2.53. The predicted octanol–water partition coefficient (Wildman–Crippen LogP) is 2.51. The lowest BCUT2D eigenvalue weighted by atomic mass is 10.1. The summed E-state index contributed by atoms with van der Waals surface area (Å²) in [5, 5.41) is 17.5. The van der Waals surface area contributed by atoms with Crippen molar-refractivity contribution < 1.29 is 19.4 Å². The molecule has 1 atom stereocenters. The molecule has 1 aliphatic carbocycles. The standard InChI is InChI=1S/C28H33N5O4/c1-31-12-13-33(17-26(31)34)28(36)22-8-6-19(7-9-22)18-37-23-5-3-4-20(14-23)16-29-27(35)25-15-24(21-10-11-21)30-32(25)2/h3-9,14-15,21,26,34H,10-13,16-18H2,1-2H3,(H,29,35). The highest BCUT2D eigenvalue weighted by molar-refractivity contribution is 5.94. The van der Waals surface area contributed by atoms with Crippen LogP contribution in [0.4, 0.5) is 0 Å². The van der Waals surface area contributed by atoms with Crippen molar-refractivity contribution in [2.45, 2.75) is 38.1 Å². The average molecular weight is 504 g/mol. The molecule has 2 fully saturated rings. The topological polar surface area (TPSA) is 99.9 Å². The molecule has 1 saturated heterocycles. The quantitative estimate of drug-likeness (QED) is 0.490. The first kappa shape index (κ1) is 25.0. The lowest BCUT2D eigenvalue weighted by Gasteiger charge is -2.36. The van der Waals surface area contributed by atoms with Gasteiger partial charge in [-0.1, -0.05) is 24.3 Å². The van der Waals surface area contributed by atoms with Gasteiger partial charge in [-0.05, 0) is 61.3 Å². The molecule has 1 saturated carbocycles. The number of rotatable bonds is 8. The number of nitrogens with zero attached hydrogens (tertiary/aromatic N) is 4. The second kappa shape index (κ2) is 10.7. The molecule has 2 heterocycles. The Morgan fingerprint density at radius 2 is 1.84 bits per heavy atom. The van der Waals surface area contributed by atoms with Crippen LogP contribution >= 0.6 is 0 Å². The summed E-state index contributed by atoms with van der Waals surface area (Å²) in [5.41, 5.74) is 4.04. The summed E-state index contributed by atoms with van der Waals surface area (Å²) in [5.74, 6) is 0.984. The van der Waals surface area contributed by atoms with Gasteiger partial charge in [0.25, 0.3) is 11.8 Å². The average Bonchev–Trinajstić information content (AvgIpc) is 3.69. The normalized spacial score (nSPS) is 18.0. The summed E-state index contributed by atoms with van der Waals surface area (Å²) in [6.07, 6.45) is 1.66. The maximum atomic E-state index is 12.8. The molecule has 1 aliphatic heterocycles. The van der Waals surface area contributed by atoms with Crippen molar-refractivity contribution >= 4 is 11.8 Å².